The van der Waals surface area contributed by atoms with Gasteiger partial charge in [0, 0.05) is 26.0 Å². The minimum Gasteiger partial charge on any atom is -0.463 e. The number of carbonyl (C=O) groups is 2. The molecule has 0 unspecified atom stereocenters. The first-order valence-corrected chi connectivity index (χ1v) is 17.0. The summed E-state index contributed by atoms with van der Waals surface area (Å²) < 4.78 is 53.9. The first-order chi connectivity index (χ1) is 24.2. The highest BCUT2D eigenvalue weighted by atomic mass is 16.6. The minimum atomic E-state index is -0.417. The number of alkyl carbamates (subject to hydrolysis) is 1. The van der Waals surface area contributed by atoms with Gasteiger partial charge in [0.25, 0.3) is 0 Å². The van der Waals surface area contributed by atoms with Crippen LogP contribution in [0.15, 0.2) is 48.5 Å². The number of hydrogen-bond acceptors (Lipinski definition) is 12. The summed E-state index contributed by atoms with van der Waals surface area (Å²) in [5, 5.41) is 2.80. The zero-order chi connectivity index (χ0) is 34.6. The van der Waals surface area contributed by atoms with E-state index in [0.29, 0.717) is 125 Å². The molecule has 13 nitrogen and oxygen atoms in total. The molecule has 3 rings (SSSR count). The van der Waals surface area contributed by atoms with Crippen molar-refractivity contribution in [2.45, 2.75) is 19.3 Å². The predicted octanol–water partition coefficient (Wildman–Crippen LogP) is 3.61. The molecule has 1 amide bonds. The van der Waals surface area contributed by atoms with E-state index in [-0.39, 0.29) is 18.5 Å². The van der Waals surface area contributed by atoms with Crippen LogP contribution in [0.5, 0.6) is 0 Å². The van der Waals surface area contributed by atoms with E-state index in [9.17, 15) is 9.59 Å². The summed E-state index contributed by atoms with van der Waals surface area (Å²) in [6.45, 7) is 9.94. The Balaban J connectivity index is 0.982. The fourth-order valence-electron chi connectivity index (χ4n) is 4.90. The molecule has 49 heavy (non-hydrogen) atoms. The van der Waals surface area contributed by atoms with Crippen LogP contribution in [-0.4, -0.2) is 138 Å². The highest BCUT2D eigenvalue weighted by Gasteiger charge is 2.28. The quantitative estimate of drug-likeness (QED) is 0.0946. The van der Waals surface area contributed by atoms with Crippen molar-refractivity contribution in [2.24, 2.45) is 0 Å². The van der Waals surface area contributed by atoms with Gasteiger partial charge in [-0.2, -0.15) is 0 Å². The number of fused-ring (bicyclic) bond motifs is 3. The fraction of sp³-hybridized carbons (Fsp3) is 0.611. The van der Waals surface area contributed by atoms with E-state index in [1.165, 1.54) is 29.2 Å². The highest BCUT2D eigenvalue weighted by molar-refractivity contribution is 5.79. The lowest BCUT2D eigenvalue weighted by molar-refractivity contribution is -0.142. The molecule has 2 aromatic carbocycles. The molecule has 1 aliphatic carbocycles. The number of rotatable bonds is 30. The smallest absolute Gasteiger partial charge is 0.407 e. The molecule has 0 fully saturated rings. The van der Waals surface area contributed by atoms with Crippen molar-refractivity contribution in [3.8, 4) is 11.1 Å². The van der Waals surface area contributed by atoms with E-state index >= 15 is 0 Å². The second-order valence-electron chi connectivity index (χ2n) is 10.8. The average Bonchev–Trinajstić information content (AvgIpc) is 3.43. The standard InChI is InChI=1S/C36H53NO12/c1-30(38)48-28-27-47-26-25-46-24-23-45-22-21-44-20-19-43-18-17-42-16-15-41-14-13-40-12-6-11-37-36(39)49-29-35-33-9-4-2-7-31(33)32-8-3-5-10-34(32)35/h2-5,7-10,35H,6,11-29H2,1H3,(H,37,39). The van der Waals surface area contributed by atoms with Gasteiger partial charge >= 0.3 is 12.1 Å². The normalized spacial score (nSPS) is 12.1. The Labute approximate surface area is 289 Å². The topological polar surface area (TPSA) is 138 Å². The van der Waals surface area contributed by atoms with Gasteiger partial charge < -0.3 is 52.7 Å². The van der Waals surface area contributed by atoms with Crippen molar-refractivity contribution in [1.29, 1.82) is 0 Å². The SMILES string of the molecule is CC(=O)OCCOCCOCCOCCOCCOCCOCCOCCOCCCNC(=O)OCC1c2ccccc2-c2ccccc21. The number of benzene rings is 2. The Morgan fingerprint density at radius 1 is 0.510 bits per heavy atom. The average molecular weight is 692 g/mol. The fourth-order valence-corrected chi connectivity index (χ4v) is 4.90. The van der Waals surface area contributed by atoms with Crippen molar-refractivity contribution < 1.29 is 57.0 Å². The van der Waals surface area contributed by atoms with Crippen molar-refractivity contribution >= 4 is 12.1 Å². The zero-order valence-corrected chi connectivity index (χ0v) is 28.7. The number of amides is 1. The van der Waals surface area contributed by atoms with Gasteiger partial charge in [-0.25, -0.2) is 4.79 Å². The minimum absolute atomic E-state index is 0.0487. The van der Waals surface area contributed by atoms with Gasteiger partial charge in [0.1, 0.15) is 13.2 Å². The first-order valence-electron chi connectivity index (χ1n) is 17.0. The van der Waals surface area contributed by atoms with E-state index < -0.39 is 6.09 Å². The molecule has 274 valence electrons. The second-order valence-corrected chi connectivity index (χ2v) is 10.8. The largest absolute Gasteiger partial charge is 0.463 e. The van der Waals surface area contributed by atoms with E-state index in [1.54, 1.807) is 0 Å². The molecular weight excluding hydrogens is 638 g/mol. The van der Waals surface area contributed by atoms with Gasteiger partial charge in [-0.05, 0) is 28.7 Å². The molecular formula is C36H53NO12. The van der Waals surface area contributed by atoms with Crippen LogP contribution >= 0.6 is 0 Å². The number of esters is 1. The van der Waals surface area contributed by atoms with Crippen LogP contribution in [0.3, 0.4) is 0 Å². The third-order valence-electron chi connectivity index (χ3n) is 7.22. The van der Waals surface area contributed by atoms with Crippen molar-refractivity contribution in [3.63, 3.8) is 0 Å². The first kappa shape index (κ1) is 40.3. The third kappa shape index (κ3) is 17.9. The maximum Gasteiger partial charge on any atom is 0.407 e. The second kappa shape index (κ2) is 26.7. The summed E-state index contributed by atoms with van der Waals surface area (Å²) in [7, 11) is 0. The molecule has 2 aromatic rings. The summed E-state index contributed by atoms with van der Waals surface area (Å²) >= 11 is 0. The van der Waals surface area contributed by atoms with E-state index in [0.717, 1.165) is 0 Å². The van der Waals surface area contributed by atoms with Crippen molar-refractivity contribution in [1.82, 2.24) is 5.32 Å². The molecule has 0 aliphatic heterocycles. The van der Waals surface area contributed by atoms with Crippen LogP contribution in [0.25, 0.3) is 11.1 Å². The molecule has 0 radical (unpaired) electrons. The van der Waals surface area contributed by atoms with Gasteiger partial charge in [-0.15, -0.1) is 0 Å². The summed E-state index contributed by atoms with van der Waals surface area (Å²) in [5.41, 5.74) is 4.80. The summed E-state index contributed by atoms with van der Waals surface area (Å²) in [5.74, 6) is -0.266. The number of carbonyl (C=O) groups excluding carboxylic acids is 2. The molecule has 0 aromatic heterocycles. The van der Waals surface area contributed by atoms with Crippen LogP contribution in [0.1, 0.15) is 30.4 Å². The van der Waals surface area contributed by atoms with Gasteiger partial charge in [-0.1, -0.05) is 48.5 Å². The molecule has 13 heteroatoms. The Morgan fingerprint density at radius 3 is 1.29 bits per heavy atom. The van der Waals surface area contributed by atoms with Crippen molar-refractivity contribution in [2.75, 3.05) is 125 Å². The number of nitrogens with one attached hydrogen (secondary N) is 1. The molecule has 1 N–H and O–H groups in total. The van der Waals surface area contributed by atoms with Crippen LogP contribution in [0.4, 0.5) is 4.79 Å². The summed E-state index contributed by atoms with van der Waals surface area (Å²) in [6.07, 6.45) is 0.265. The van der Waals surface area contributed by atoms with Crippen LogP contribution in [0, 0.1) is 0 Å². The van der Waals surface area contributed by atoms with Gasteiger partial charge in [0.2, 0.25) is 0 Å². The molecule has 0 spiro atoms. The maximum atomic E-state index is 12.2. The molecule has 1 aliphatic rings. The predicted molar refractivity (Wildman–Crippen MR) is 181 cm³/mol. The molecule has 0 bridgehead atoms. The Bertz CT molecular complexity index is 1120. The lowest BCUT2D eigenvalue weighted by atomic mass is 9.98. The van der Waals surface area contributed by atoms with Gasteiger partial charge in [0.15, 0.2) is 0 Å². The van der Waals surface area contributed by atoms with Crippen LogP contribution in [0.2, 0.25) is 0 Å². The lowest BCUT2D eigenvalue weighted by Gasteiger charge is -2.14. The Morgan fingerprint density at radius 2 is 0.878 bits per heavy atom. The molecule has 0 saturated carbocycles. The van der Waals surface area contributed by atoms with Crippen molar-refractivity contribution in [3.05, 3.63) is 59.7 Å². The summed E-state index contributed by atoms with van der Waals surface area (Å²) in [4.78, 5) is 22.8. The molecule has 0 atom stereocenters. The monoisotopic (exact) mass is 691 g/mol. The summed E-state index contributed by atoms with van der Waals surface area (Å²) in [6, 6.07) is 16.5. The van der Waals surface area contributed by atoms with E-state index in [2.05, 4.69) is 29.6 Å². The van der Waals surface area contributed by atoms with Crippen LogP contribution < -0.4 is 5.32 Å². The highest BCUT2D eigenvalue weighted by Crippen LogP contribution is 2.44. The molecule has 0 heterocycles. The maximum absolute atomic E-state index is 12.2. The van der Waals surface area contributed by atoms with E-state index in [1.807, 2.05) is 24.3 Å². The van der Waals surface area contributed by atoms with E-state index in [4.69, 9.17) is 47.4 Å². The third-order valence-corrected chi connectivity index (χ3v) is 7.22. The number of ether oxygens (including phenoxy) is 10. The van der Waals surface area contributed by atoms with Crippen LogP contribution in [-0.2, 0) is 52.2 Å². The van der Waals surface area contributed by atoms with Gasteiger partial charge in [0.05, 0.1) is 99.1 Å². The molecule has 0 saturated heterocycles. The zero-order valence-electron chi connectivity index (χ0n) is 28.7. The Kier molecular flexibility index (Phi) is 21.9. The van der Waals surface area contributed by atoms with Gasteiger partial charge in [-0.3, -0.25) is 4.79 Å². The number of hydrogen-bond donors (Lipinski definition) is 1. The Hall–Kier alpha value is -3.14. The lowest BCUT2D eigenvalue weighted by Crippen LogP contribution is -2.27.